The molecule has 1 atom stereocenters. The molecule has 0 saturated heterocycles. The van der Waals surface area contributed by atoms with Gasteiger partial charge in [0.15, 0.2) is 0 Å². The SMILES string of the molecule is CCn1ccnc1NC(C)Cc1ccc(F)cc1. The van der Waals surface area contributed by atoms with Crippen LogP contribution in [0.25, 0.3) is 0 Å². The van der Waals surface area contributed by atoms with Gasteiger partial charge in [-0.1, -0.05) is 12.1 Å². The zero-order chi connectivity index (χ0) is 13.0. The summed E-state index contributed by atoms with van der Waals surface area (Å²) in [5, 5.41) is 3.36. The molecule has 2 aromatic rings. The largest absolute Gasteiger partial charge is 0.353 e. The number of benzene rings is 1. The van der Waals surface area contributed by atoms with Crippen molar-refractivity contribution >= 4 is 5.95 Å². The van der Waals surface area contributed by atoms with E-state index < -0.39 is 0 Å². The Kier molecular flexibility index (Phi) is 3.97. The number of hydrogen-bond donors (Lipinski definition) is 1. The maximum Gasteiger partial charge on any atom is 0.202 e. The second-order valence-electron chi connectivity index (χ2n) is 4.41. The van der Waals surface area contributed by atoms with Gasteiger partial charge in [-0.3, -0.25) is 0 Å². The molecule has 1 aromatic carbocycles. The van der Waals surface area contributed by atoms with Crippen LogP contribution in [-0.4, -0.2) is 15.6 Å². The summed E-state index contributed by atoms with van der Waals surface area (Å²) in [4.78, 5) is 4.27. The molecule has 2 rings (SSSR count). The standard InChI is InChI=1S/C14H18FN3/c1-3-18-9-8-16-14(18)17-11(2)10-12-4-6-13(15)7-5-12/h4-9,11H,3,10H2,1-2H3,(H,16,17). The Morgan fingerprint density at radius 1 is 1.33 bits per heavy atom. The van der Waals surface area contributed by atoms with Crippen LogP contribution in [0.15, 0.2) is 36.7 Å². The van der Waals surface area contributed by atoms with Gasteiger partial charge in [0, 0.05) is 25.0 Å². The van der Waals surface area contributed by atoms with E-state index in [2.05, 4.69) is 28.7 Å². The Bertz CT molecular complexity index is 490. The molecule has 0 amide bonds. The lowest BCUT2D eigenvalue weighted by molar-refractivity contribution is 0.626. The number of nitrogens with one attached hydrogen (secondary N) is 1. The van der Waals surface area contributed by atoms with Gasteiger partial charge in [0.2, 0.25) is 5.95 Å². The number of nitrogens with zero attached hydrogens (tertiary/aromatic N) is 2. The predicted octanol–water partition coefficient (Wildman–Crippen LogP) is 3.09. The smallest absolute Gasteiger partial charge is 0.202 e. The summed E-state index contributed by atoms with van der Waals surface area (Å²) in [7, 11) is 0. The molecule has 0 fully saturated rings. The Morgan fingerprint density at radius 2 is 2.06 bits per heavy atom. The monoisotopic (exact) mass is 247 g/mol. The summed E-state index contributed by atoms with van der Waals surface area (Å²) in [5.74, 6) is 0.688. The Hall–Kier alpha value is -1.84. The van der Waals surface area contributed by atoms with E-state index in [1.165, 1.54) is 12.1 Å². The van der Waals surface area contributed by atoms with Gasteiger partial charge in [-0.25, -0.2) is 9.37 Å². The van der Waals surface area contributed by atoms with Crippen LogP contribution in [0.2, 0.25) is 0 Å². The topological polar surface area (TPSA) is 29.9 Å². The third-order valence-corrected chi connectivity index (χ3v) is 2.89. The molecule has 0 aliphatic heterocycles. The van der Waals surface area contributed by atoms with E-state index in [1.54, 1.807) is 6.20 Å². The van der Waals surface area contributed by atoms with Crippen LogP contribution in [0.1, 0.15) is 19.4 Å². The van der Waals surface area contributed by atoms with Crippen molar-refractivity contribution in [2.75, 3.05) is 5.32 Å². The van der Waals surface area contributed by atoms with Gasteiger partial charge in [-0.05, 0) is 38.0 Å². The van der Waals surface area contributed by atoms with E-state index in [1.807, 2.05) is 18.3 Å². The van der Waals surface area contributed by atoms with Gasteiger partial charge < -0.3 is 9.88 Å². The second kappa shape index (κ2) is 5.67. The van der Waals surface area contributed by atoms with Crippen LogP contribution in [0.3, 0.4) is 0 Å². The molecule has 0 saturated carbocycles. The van der Waals surface area contributed by atoms with E-state index in [4.69, 9.17) is 0 Å². The van der Waals surface area contributed by atoms with Gasteiger partial charge in [-0.2, -0.15) is 0 Å². The highest BCUT2D eigenvalue weighted by Gasteiger charge is 2.07. The zero-order valence-corrected chi connectivity index (χ0v) is 10.7. The van der Waals surface area contributed by atoms with E-state index in [0.29, 0.717) is 0 Å². The quantitative estimate of drug-likeness (QED) is 0.880. The van der Waals surface area contributed by atoms with Crippen molar-refractivity contribution in [3.8, 4) is 0 Å². The summed E-state index contributed by atoms with van der Waals surface area (Å²) >= 11 is 0. The van der Waals surface area contributed by atoms with Crippen molar-refractivity contribution in [1.29, 1.82) is 0 Å². The minimum atomic E-state index is -0.194. The van der Waals surface area contributed by atoms with Crippen LogP contribution >= 0.6 is 0 Å². The Morgan fingerprint density at radius 3 is 2.72 bits per heavy atom. The lowest BCUT2D eigenvalue weighted by atomic mass is 10.1. The minimum absolute atomic E-state index is 0.194. The van der Waals surface area contributed by atoms with Gasteiger partial charge in [0.25, 0.3) is 0 Å². The molecule has 3 nitrogen and oxygen atoms in total. The van der Waals surface area contributed by atoms with Gasteiger partial charge >= 0.3 is 0 Å². The molecule has 1 unspecified atom stereocenters. The average molecular weight is 247 g/mol. The normalized spacial score (nSPS) is 12.4. The lowest BCUT2D eigenvalue weighted by Gasteiger charge is -2.15. The number of aromatic nitrogens is 2. The first-order chi connectivity index (χ1) is 8.69. The van der Waals surface area contributed by atoms with Crippen molar-refractivity contribution in [1.82, 2.24) is 9.55 Å². The van der Waals surface area contributed by atoms with Gasteiger partial charge in [0.1, 0.15) is 5.82 Å². The molecule has 1 N–H and O–H groups in total. The van der Waals surface area contributed by atoms with Crippen LogP contribution in [0.5, 0.6) is 0 Å². The minimum Gasteiger partial charge on any atom is -0.353 e. The molecular weight excluding hydrogens is 229 g/mol. The lowest BCUT2D eigenvalue weighted by Crippen LogP contribution is -2.20. The predicted molar refractivity (Wildman–Crippen MR) is 71.1 cm³/mol. The average Bonchev–Trinajstić information content (AvgIpc) is 2.79. The van der Waals surface area contributed by atoms with Gasteiger partial charge in [-0.15, -0.1) is 0 Å². The van der Waals surface area contributed by atoms with Gasteiger partial charge in [0.05, 0.1) is 0 Å². The van der Waals surface area contributed by atoms with Crippen molar-refractivity contribution in [3.05, 3.63) is 48.0 Å². The second-order valence-corrected chi connectivity index (χ2v) is 4.41. The molecule has 0 bridgehead atoms. The molecule has 4 heteroatoms. The zero-order valence-electron chi connectivity index (χ0n) is 10.7. The fourth-order valence-electron chi connectivity index (χ4n) is 1.95. The number of imidazole rings is 1. The maximum absolute atomic E-state index is 12.8. The van der Waals surface area contributed by atoms with Crippen LogP contribution in [0, 0.1) is 5.82 Å². The maximum atomic E-state index is 12.8. The first kappa shape index (κ1) is 12.6. The number of anilines is 1. The third-order valence-electron chi connectivity index (χ3n) is 2.89. The Labute approximate surface area is 107 Å². The summed E-state index contributed by atoms with van der Waals surface area (Å²) in [6.07, 6.45) is 4.58. The Balaban J connectivity index is 1.96. The first-order valence-corrected chi connectivity index (χ1v) is 6.21. The van der Waals surface area contributed by atoms with E-state index in [-0.39, 0.29) is 11.9 Å². The van der Waals surface area contributed by atoms with Crippen molar-refractivity contribution in [2.24, 2.45) is 0 Å². The van der Waals surface area contributed by atoms with Crippen LogP contribution in [0.4, 0.5) is 10.3 Å². The molecule has 1 heterocycles. The number of halogens is 1. The summed E-state index contributed by atoms with van der Waals surface area (Å²) in [6, 6.07) is 6.88. The van der Waals surface area contributed by atoms with E-state index in [9.17, 15) is 4.39 Å². The highest BCUT2D eigenvalue weighted by molar-refractivity contribution is 5.28. The van der Waals surface area contributed by atoms with Crippen molar-refractivity contribution < 1.29 is 4.39 Å². The summed E-state index contributed by atoms with van der Waals surface area (Å²) in [6.45, 7) is 5.07. The molecule has 96 valence electrons. The highest BCUT2D eigenvalue weighted by atomic mass is 19.1. The van der Waals surface area contributed by atoms with Crippen LogP contribution in [-0.2, 0) is 13.0 Å². The molecular formula is C14H18FN3. The van der Waals surface area contributed by atoms with Crippen molar-refractivity contribution in [2.45, 2.75) is 32.9 Å². The highest BCUT2D eigenvalue weighted by Crippen LogP contribution is 2.10. The third kappa shape index (κ3) is 3.09. The fourth-order valence-corrected chi connectivity index (χ4v) is 1.95. The number of aryl methyl sites for hydroxylation is 1. The molecule has 0 spiro atoms. The van der Waals surface area contributed by atoms with Crippen molar-refractivity contribution in [3.63, 3.8) is 0 Å². The molecule has 0 aliphatic carbocycles. The number of rotatable bonds is 5. The number of hydrogen-bond acceptors (Lipinski definition) is 2. The van der Waals surface area contributed by atoms with Crippen LogP contribution < -0.4 is 5.32 Å². The van der Waals surface area contributed by atoms with E-state index in [0.717, 1.165) is 24.5 Å². The molecule has 18 heavy (non-hydrogen) atoms. The fraction of sp³-hybridized carbons (Fsp3) is 0.357. The summed E-state index contributed by atoms with van der Waals surface area (Å²) in [5.41, 5.74) is 1.12. The summed E-state index contributed by atoms with van der Waals surface area (Å²) < 4.78 is 14.9. The molecule has 0 aliphatic rings. The molecule has 0 radical (unpaired) electrons. The molecule has 1 aromatic heterocycles. The first-order valence-electron chi connectivity index (χ1n) is 6.21. The van der Waals surface area contributed by atoms with E-state index >= 15 is 0 Å².